The summed E-state index contributed by atoms with van der Waals surface area (Å²) in [5, 5.41) is 21.6. The van der Waals surface area contributed by atoms with Crippen molar-refractivity contribution in [3.8, 4) is 67.5 Å². The van der Waals surface area contributed by atoms with Crippen LogP contribution in [0.4, 0.5) is 0 Å². The van der Waals surface area contributed by atoms with Gasteiger partial charge in [0.15, 0.2) is 5.58 Å². The van der Waals surface area contributed by atoms with E-state index in [2.05, 4.69) is 476 Å². The molecule has 9 aromatic heterocycles. The second-order valence-electron chi connectivity index (χ2n) is 35.3. The van der Waals surface area contributed by atoms with Gasteiger partial charge in [-0.1, -0.05) is 261 Å². The molecule has 9 nitrogen and oxygen atoms in total. The Hall–Kier alpha value is -18.2. The number of rotatable bonds is 9. The maximum absolute atomic E-state index is 6.58. The lowest BCUT2D eigenvalue weighted by Crippen LogP contribution is -1.93. The van der Waals surface area contributed by atoms with E-state index in [1.807, 2.05) is 24.3 Å². The fourth-order valence-electron chi connectivity index (χ4n) is 21.9. The SMILES string of the molecule is c1ccc(-n2c3ccccc3c3cc(-c4ccc5c(c4)c4cc6oc7ccccc7c6cc4n5-c4ccccc4)ccc32)cc1.c1ccc(-n2c3ccccc3c3cc(-c4ccc5c(c4)c4ccc6c7ccccc7oc6c4n5-c4ccccc4)ccc32)cc1.c1ccc(-n2c3ccccc3c3cc(-c4ccc5c(c4)c4ccc6oc7ccccc7c6c4n5-c4ccccc4)ccc32)cc1. The molecule has 0 unspecified atom stereocenters. The smallest absolute Gasteiger partial charge is 0.160 e. The first-order valence-corrected chi connectivity index (χ1v) is 46.1. The maximum atomic E-state index is 6.58. The number of hydrogen-bond donors (Lipinski definition) is 0. The zero-order valence-corrected chi connectivity index (χ0v) is 72.9. The molecule has 0 saturated heterocycles. The molecule has 0 atom stereocenters. The highest BCUT2D eigenvalue weighted by Crippen LogP contribution is 2.48. The minimum Gasteiger partial charge on any atom is -0.456 e. The lowest BCUT2D eigenvalue weighted by molar-refractivity contribution is 0.669. The van der Waals surface area contributed by atoms with Gasteiger partial charge in [0.1, 0.15) is 27.9 Å². The molecule has 0 bridgehead atoms. The number of hydrogen-bond acceptors (Lipinski definition) is 3. The van der Waals surface area contributed by atoms with Gasteiger partial charge in [-0.15, -0.1) is 0 Å². The fourth-order valence-corrected chi connectivity index (χ4v) is 21.9. The molecule has 30 aromatic rings. The maximum Gasteiger partial charge on any atom is 0.160 e. The van der Waals surface area contributed by atoms with Gasteiger partial charge in [-0.3, -0.25) is 0 Å². The van der Waals surface area contributed by atoms with Gasteiger partial charge in [0.2, 0.25) is 0 Å². The highest BCUT2D eigenvalue weighted by atomic mass is 16.3. The summed E-state index contributed by atoms with van der Waals surface area (Å²) in [6.45, 7) is 0. The van der Waals surface area contributed by atoms with Gasteiger partial charge >= 0.3 is 0 Å². The normalized spacial score (nSPS) is 12.0. The molecule has 0 aliphatic rings. The third-order valence-corrected chi connectivity index (χ3v) is 27.9. The van der Waals surface area contributed by atoms with Crippen molar-refractivity contribution in [2.24, 2.45) is 0 Å². The van der Waals surface area contributed by atoms with Crippen LogP contribution in [0.1, 0.15) is 0 Å². The van der Waals surface area contributed by atoms with Gasteiger partial charge in [-0.25, -0.2) is 0 Å². The molecular weight excluding hydrogens is 1650 g/mol. The fraction of sp³-hybridized carbons (Fsp3) is 0. The quantitative estimate of drug-likeness (QED) is 0.145. The van der Waals surface area contributed by atoms with Crippen LogP contribution in [0, 0.1) is 0 Å². The van der Waals surface area contributed by atoms with E-state index in [0.29, 0.717) is 0 Å². The van der Waals surface area contributed by atoms with E-state index in [9.17, 15) is 0 Å². The standard InChI is InChI=1S/3C42H26N2O/c1-3-11-29(12-4-1)43-37-17-9-7-15-31(37)35-25-27(19-23-38(35)43)28-20-24-39-36(26-28)33-21-22-34-32-16-8-10-18-40(32)45-42(34)41(33)44(39)30-13-5-2-6-14-30;1-3-11-29(12-4-1)43-36-17-9-7-15-31(36)34-25-27(19-22-37(34)43)28-20-23-38-35(26-28)32-21-24-40-41(33-16-8-10-18-39(33)45-40)42(32)44(38)30-13-5-2-6-14-30;1-3-11-29(12-4-1)43-37-17-9-7-15-31(37)33-23-27(19-21-38(33)43)28-20-22-39-34(24-28)35-26-42-36(32-16-8-10-18-41(32)45-42)25-40(35)44(39)30-13-5-2-6-14-30/h3*1-26H. The van der Waals surface area contributed by atoms with E-state index in [1.54, 1.807) is 0 Å². The van der Waals surface area contributed by atoms with Crippen LogP contribution in [0.2, 0.25) is 0 Å². The van der Waals surface area contributed by atoms with Gasteiger partial charge < -0.3 is 40.7 Å². The van der Waals surface area contributed by atoms with E-state index in [4.69, 9.17) is 13.3 Å². The Morgan fingerprint density at radius 1 is 0.126 bits per heavy atom. The molecule has 135 heavy (non-hydrogen) atoms. The van der Waals surface area contributed by atoms with Crippen molar-refractivity contribution in [2.75, 3.05) is 0 Å². The largest absolute Gasteiger partial charge is 0.456 e. The van der Waals surface area contributed by atoms with Crippen molar-refractivity contribution in [3.05, 3.63) is 473 Å². The van der Waals surface area contributed by atoms with E-state index in [0.717, 1.165) is 93.9 Å². The highest BCUT2D eigenvalue weighted by molar-refractivity contribution is 6.27. The zero-order valence-electron chi connectivity index (χ0n) is 72.9. The van der Waals surface area contributed by atoms with Crippen LogP contribution in [0.5, 0.6) is 0 Å². The Morgan fingerprint density at radius 2 is 0.385 bits per heavy atom. The summed E-state index contributed by atoms with van der Waals surface area (Å²) in [4.78, 5) is 0. The average Bonchev–Trinajstić information content (AvgIpc) is 1.58. The molecule has 630 valence electrons. The second-order valence-corrected chi connectivity index (χ2v) is 35.3. The molecule has 0 N–H and O–H groups in total. The Labute approximate surface area is 772 Å². The molecule has 0 fully saturated rings. The Morgan fingerprint density at radius 3 is 0.793 bits per heavy atom. The summed E-state index contributed by atoms with van der Waals surface area (Å²) in [6, 6.07) is 170. The van der Waals surface area contributed by atoms with Gasteiger partial charge in [0.05, 0.1) is 71.6 Å². The van der Waals surface area contributed by atoms with Crippen LogP contribution in [0.25, 0.3) is 264 Å². The molecule has 30 rings (SSSR count). The summed E-state index contributed by atoms with van der Waals surface area (Å²) in [5.74, 6) is 0. The predicted octanol–water partition coefficient (Wildman–Crippen LogP) is 34.3. The first-order chi connectivity index (χ1) is 67.0. The minimum absolute atomic E-state index is 0.907. The van der Waals surface area contributed by atoms with Gasteiger partial charge in [-0.2, -0.15) is 0 Å². The monoisotopic (exact) mass is 1720 g/mol. The van der Waals surface area contributed by atoms with Crippen LogP contribution in [-0.2, 0) is 0 Å². The second kappa shape index (κ2) is 30.2. The Kier molecular flexibility index (Phi) is 17.0. The first-order valence-electron chi connectivity index (χ1n) is 46.1. The van der Waals surface area contributed by atoms with Crippen molar-refractivity contribution in [3.63, 3.8) is 0 Å². The summed E-state index contributed by atoms with van der Waals surface area (Å²) >= 11 is 0. The molecule has 0 aliphatic carbocycles. The molecule has 0 spiro atoms. The van der Waals surface area contributed by atoms with E-state index < -0.39 is 0 Å². The number of para-hydroxylation sites is 12. The third kappa shape index (κ3) is 11.9. The van der Waals surface area contributed by atoms with Gasteiger partial charge in [0, 0.05) is 126 Å². The molecule has 0 aliphatic heterocycles. The lowest BCUT2D eigenvalue weighted by atomic mass is 10.00. The topological polar surface area (TPSA) is 69.0 Å². The van der Waals surface area contributed by atoms with Crippen molar-refractivity contribution >= 4 is 197 Å². The number of fused-ring (bicyclic) bond motifs is 29. The number of furan rings is 3. The summed E-state index contributed by atoms with van der Waals surface area (Å²) < 4.78 is 33.5. The van der Waals surface area contributed by atoms with E-state index >= 15 is 0 Å². The summed E-state index contributed by atoms with van der Waals surface area (Å²) in [6.07, 6.45) is 0. The van der Waals surface area contributed by atoms with Crippen LogP contribution >= 0.6 is 0 Å². The average molecular weight is 1720 g/mol. The molecule has 0 radical (unpaired) electrons. The minimum atomic E-state index is 0.907. The molecule has 9 heterocycles. The molecule has 0 amide bonds. The van der Waals surface area contributed by atoms with Crippen LogP contribution < -0.4 is 0 Å². The third-order valence-electron chi connectivity index (χ3n) is 27.9. The first kappa shape index (κ1) is 75.8. The Bertz CT molecular complexity index is 9880. The van der Waals surface area contributed by atoms with E-state index in [-0.39, 0.29) is 0 Å². The van der Waals surface area contributed by atoms with E-state index in [1.165, 1.54) is 170 Å². The summed E-state index contributed by atoms with van der Waals surface area (Å²) in [5.41, 5.74) is 33.8. The van der Waals surface area contributed by atoms with Gasteiger partial charge in [-0.05, 0) is 246 Å². The van der Waals surface area contributed by atoms with Crippen molar-refractivity contribution < 1.29 is 13.3 Å². The zero-order chi connectivity index (χ0) is 88.5. The predicted molar refractivity (Wildman–Crippen MR) is 564 cm³/mol. The van der Waals surface area contributed by atoms with Crippen molar-refractivity contribution in [1.82, 2.24) is 27.4 Å². The summed E-state index contributed by atoms with van der Waals surface area (Å²) in [7, 11) is 0. The lowest BCUT2D eigenvalue weighted by Gasteiger charge is -2.09. The number of aromatic nitrogens is 6. The van der Waals surface area contributed by atoms with Crippen molar-refractivity contribution in [2.45, 2.75) is 0 Å². The molecular formula is C126H78N6O3. The van der Waals surface area contributed by atoms with Crippen molar-refractivity contribution in [1.29, 1.82) is 0 Å². The molecule has 21 aromatic carbocycles. The number of nitrogens with zero attached hydrogens (tertiary/aromatic N) is 6. The highest BCUT2D eigenvalue weighted by Gasteiger charge is 2.26. The number of benzene rings is 21. The van der Waals surface area contributed by atoms with Crippen LogP contribution in [0.15, 0.2) is 486 Å². The van der Waals surface area contributed by atoms with Crippen LogP contribution in [-0.4, -0.2) is 27.4 Å². The van der Waals surface area contributed by atoms with Crippen LogP contribution in [0.3, 0.4) is 0 Å². The Balaban J connectivity index is 0.000000101. The molecule has 0 saturated carbocycles. The van der Waals surface area contributed by atoms with Gasteiger partial charge in [0.25, 0.3) is 0 Å². The molecule has 9 heteroatoms.